The molecule has 0 radical (unpaired) electrons. The van der Waals surface area contributed by atoms with Crippen molar-refractivity contribution in [1.29, 1.82) is 0 Å². The Morgan fingerprint density at radius 2 is 1.63 bits per heavy atom. The molecule has 4 nitrogen and oxygen atoms in total. The van der Waals surface area contributed by atoms with Crippen molar-refractivity contribution in [3.63, 3.8) is 0 Å². The summed E-state index contributed by atoms with van der Waals surface area (Å²) in [4.78, 5) is 26.8. The first kappa shape index (κ1) is 20.0. The summed E-state index contributed by atoms with van der Waals surface area (Å²) in [5, 5.41) is 3.17. The highest BCUT2D eigenvalue weighted by Gasteiger charge is 2.34. The van der Waals surface area contributed by atoms with Crippen LogP contribution in [0.4, 0.5) is 5.69 Å². The number of hydrogen-bond acceptors (Lipinski definition) is 3. The Labute approximate surface area is 184 Å². The van der Waals surface area contributed by atoms with Crippen LogP contribution in [0.2, 0.25) is 5.02 Å². The van der Waals surface area contributed by atoms with Crippen molar-refractivity contribution in [2.75, 3.05) is 4.90 Å². The van der Waals surface area contributed by atoms with Gasteiger partial charge in [-0.15, -0.1) is 0 Å². The molecule has 1 saturated heterocycles. The lowest BCUT2D eigenvalue weighted by atomic mass is 10.0. The molecule has 4 rings (SSSR count). The summed E-state index contributed by atoms with van der Waals surface area (Å²) in [6, 6.07) is 22.6. The molecule has 3 aromatic rings. The van der Waals surface area contributed by atoms with E-state index >= 15 is 0 Å². The maximum atomic E-state index is 13.0. The Morgan fingerprint density at radius 1 is 0.933 bits per heavy atom. The third-order valence-corrected chi connectivity index (χ3v) is 5.30. The Kier molecular flexibility index (Phi) is 5.48. The van der Waals surface area contributed by atoms with Crippen molar-refractivity contribution < 1.29 is 9.59 Å². The first-order chi connectivity index (χ1) is 14.4. The van der Waals surface area contributed by atoms with E-state index < -0.39 is 11.8 Å². The second kappa shape index (κ2) is 8.22. The number of amides is 2. The minimum atomic E-state index is -0.516. The van der Waals surface area contributed by atoms with Gasteiger partial charge in [0.1, 0.15) is 5.57 Å². The molecule has 6 heteroatoms. The summed E-state index contributed by atoms with van der Waals surface area (Å²) < 4.78 is 0. The summed E-state index contributed by atoms with van der Waals surface area (Å²) >= 11 is 11.1. The molecule has 1 N–H and O–H groups in total. The third-order valence-electron chi connectivity index (χ3n) is 4.76. The van der Waals surface area contributed by atoms with Crippen LogP contribution in [0.5, 0.6) is 0 Å². The van der Waals surface area contributed by atoms with E-state index in [1.807, 2.05) is 49.4 Å². The number of nitrogens with zero attached hydrogens (tertiary/aromatic N) is 1. The number of halogens is 1. The molecule has 2 amide bonds. The Morgan fingerprint density at radius 3 is 2.30 bits per heavy atom. The van der Waals surface area contributed by atoms with Gasteiger partial charge in [-0.1, -0.05) is 65.7 Å². The molecule has 0 bridgehead atoms. The van der Waals surface area contributed by atoms with Gasteiger partial charge in [0.15, 0.2) is 5.11 Å². The number of hydrogen-bond donors (Lipinski definition) is 1. The molecule has 30 heavy (non-hydrogen) atoms. The first-order valence-corrected chi connectivity index (χ1v) is 10.0. The number of anilines is 1. The van der Waals surface area contributed by atoms with Crippen LogP contribution in [0, 0.1) is 6.92 Å². The predicted octanol–water partition coefficient (Wildman–Crippen LogP) is 5.15. The summed E-state index contributed by atoms with van der Waals surface area (Å²) in [5.74, 6) is -0.994. The van der Waals surface area contributed by atoms with Gasteiger partial charge in [0.2, 0.25) is 0 Å². The molecule has 0 unspecified atom stereocenters. The lowest BCUT2D eigenvalue weighted by molar-refractivity contribution is -0.122. The lowest BCUT2D eigenvalue weighted by Gasteiger charge is -2.28. The fourth-order valence-electron chi connectivity index (χ4n) is 3.25. The van der Waals surface area contributed by atoms with Gasteiger partial charge in [-0.25, -0.2) is 0 Å². The van der Waals surface area contributed by atoms with Crippen LogP contribution in [-0.2, 0) is 9.59 Å². The molecule has 0 saturated carbocycles. The standard InChI is InChI=1S/C24H17ClN2O2S/c1-15-3-2-4-18(13-15)17-7-5-16(6-8-17)14-21-22(28)26-24(30)27(23(21)29)20-11-9-19(25)10-12-20/h2-14H,1H3,(H,26,28,30). The molecular formula is C24H17ClN2O2S. The predicted molar refractivity (Wildman–Crippen MR) is 124 cm³/mol. The fourth-order valence-corrected chi connectivity index (χ4v) is 3.65. The fraction of sp³-hybridized carbons (Fsp3) is 0.0417. The SMILES string of the molecule is Cc1cccc(-c2ccc(C=C3C(=O)NC(=S)N(c4ccc(Cl)cc4)C3=O)cc2)c1. The first-order valence-electron chi connectivity index (χ1n) is 9.26. The summed E-state index contributed by atoms with van der Waals surface area (Å²) in [5.41, 5.74) is 4.65. The van der Waals surface area contributed by atoms with Crippen molar-refractivity contribution in [2.45, 2.75) is 6.92 Å². The van der Waals surface area contributed by atoms with Crippen molar-refractivity contribution in [3.8, 4) is 11.1 Å². The zero-order valence-electron chi connectivity index (χ0n) is 16.1. The van der Waals surface area contributed by atoms with Crippen LogP contribution >= 0.6 is 23.8 Å². The molecule has 148 valence electrons. The van der Waals surface area contributed by atoms with Crippen LogP contribution in [0.25, 0.3) is 17.2 Å². The molecular weight excluding hydrogens is 416 g/mol. The normalized spacial score (nSPS) is 15.5. The van der Waals surface area contributed by atoms with E-state index in [4.69, 9.17) is 23.8 Å². The van der Waals surface area contributed by atoms with Gasteiger partial charge in [0, 0.05) is 5.02 Å². The van der Waals surface area contributed by atoms with Crippen molar-refractivity contribution >= 4 is 52.5 Å². The van der Waals surface area contributed by atoms with Gasteiger partial charge in [0.05, 0.1) is 5.69 Å². The summed E-state index contributed by atoms with van der Waals surface area (Å²) in [7, 11) is 0. The van der Waals surface area contributed by atoms with Gasteiger partial charge in [-0.3, -0.25) is 19.8 Å². The number of rotatable bonds is 3. The van der Waals surface area contributed by atoms with Crippen molar-refractivity contribution in [3.05, 3.63) is 94.5 Å². The maximum Gasteiger partial charge on any atom is 0.270 e. The second-order valence-corrected chi connectivity index (χ2v) is 7.75. The monoisotopic (exact) mass is 432 g/mol. The molecule has 1 aliphatic rings. The highest BCUT2D eigenvalue weighted by molar-refractivity contribution is 7.80. The largest absolute Gasteiger partial charge is 0.298 e. The van der Waals surface area contributed by atoms with E-state index in [2.05, 4.69) is 11.4 Å². The van der Waals surface area contributed by atoms with Gasteiger partial charge < -0.3 is 0 Å². The topological polar surface area (TPSA) is 49.4 Å². The quantitative estimate of drug-likeness (QED) is 0.354. The summed E-state index contributed by atoms with van der Waals surface area (Å²) in [6.07, 6.45) is 1.57. The average molecular weight is 433 g/mol. The Balaban J connectivity index is 1.64. The zero-order valence-corrected chi connectivity index (χ0v) is 17.6. The van der Waals surface area contributed by atoms with Gasteiger partial charge in [0.25, 0.3) is 11.8 Å². The van der Waals surface area contributed by atoms with Gasteiger partial charge in [-0.05, 0) is 66.2 Å². The molecule has 3 aromatic carbocycles. The minimum Gasteiger partial charge on any atom is -0.298 e. The maximum absolute atomic E-state index is 13.0. The number of benzene rings is 3. The Hall–Kier alpha value is -3.28. The van der Waals surface area contributed by atoms with Crippen LogP contribution in [0.3, 0.4) is 0 Å². The number of thiocarbonyl (C=S) groups is 1. The molecule has 1 fully saturated rings. The van der Waals surface area contributed by atoms with E-state index in [0.29, 0.717) is 10.7 Å². The number of aryl methyl sites for hydroxylation is 1. The smallest absolute Gasteiger partial charge is 0.270 e. The van der Waals surface area contributed by atoms with Crippen LogP contribution in [0.1, 0.15) is 11.1 Å². The van der Waals surface area contributed by atoms with Crippen molar-refractivity contribution in [1.82, 2.24) is 5.32 Å². The number of carbonyl (C=O) groups is 2. The van der Waals surface area contributed by atoms with E-state index in [0.717, 1.165) is 16.7 Å². The van der Waals surface area contributed by atoms with Crippen LogP contribution in [-0.4, -0.2) is 16.9 Å². The van der Waals surface area contributed by atoms with Crippen LogP contribution in [0.15, 0.2) is 78.4 Å². The zero-order chi connectivity index (χ0) is 21.3. The van der Waals surface area contributed by atoms with Crippen LogP contribution < -0.4 is 10.2 Å². The van der Waals surface area contributed by atoms with Crippen molar-refractivity contribution in [2.24, 2.45) is 0 Å². The molecule has 0 aromatic heterocycles. The Bertz CT molecular complexity index is 1180. The molecule has 0 spiro atoms. The highest BCUT2D eigenvalue weighted by Crippen LogP contribution is 2.25. The van der Waals surface area contributed by atoms with E-state index in [1.165, 1.54) is 10.5 Å². The second-order valence-electron chi connectivity index (χ2n) is 6.93. The van der Waals surface area contributed by atoms with E-state index in [-0.39, 0.29) is 10.7 Å². The third kappa shape index (κ3) is 4.03. The summed E-state index contributed by atoms with van der Waals surface area (Å²) in [6.45, 7) is 2.05. The molecule has 0 aliphatic carbocycles. The van der Waals surface area contributed by atoms with Gasteiger partial charge >= 0.3 is 0 Å². The molecule has 0 atom stereocenters. The lowest BCUT2D eigenvalue weighted by Crippen LogP contribution is -2.54. The number of nitrogens with one attached hydrogen (secondary N) is 1. The minimum absolute atomic E-state index is 0.0156. The molecule has 1 heterocycles. The highest BCUT2D eigenvalue weighted by atomic mass is 35.5. The molecule has 1 aliphatic heterocycles. The van der Waals surface area contributed by atoms with E-state index in [9.17, 15) is 9.59 Å². The van der Waals surface area contributed by atoms with E-state index in [1.54, 1.807) is 30.3 Å². The average Bonchev–Trinajstić information content (AvgIpc) is 2.73. The van der Waals surface area contributed by atoms with Gasteiger partial charge in [-0.2, -0.15) is 0 Å². The number of carbonyl (C=O) groups excluding carboxylic acids is 2.